The lowest BCUT2D eigenvalue weighted by Crippen LogP contribution is -2.45. The minimum Gasteiger partial charge on any atom is -0.508 e. The highest BCUT2D eigenvalue weighted by Gasteiger charge is 2.48. The normalized spacial score (nSPS) is 19.9. The van der Waals surface area contributed by atoms with Crippen molar-refractivity contribution in [1.29, 1.82) is 0 Å². The van der Waals surface area contributed by atoms with Gasteiger partial charge in [-0.3, -0.25) is 9.69 Å². The van der Waals surface area contributed by atoms with Crippen molar-refractivity contribution in [2.75, 3.05) is 0 Å². The molecule has 0 aromatic heterocycles. The predicted molar refractivity (Wildman–Crippen MR) is 149 cm³/mol. The van der Waals surface area contributed by atoms with Crippen LogP contribution in [0, 0.1) is 5.92 Å². The summed E-state index contributed by atoms with van der Waals surface area (Å²) in [7, 11) is 0. The zero-order chi connectivity index (χ0) is 27.0. The van der Waals surface area contributed by atoms with E-state index in [-0.39, 0.29) is 17.7 Å². The number of nitrogens with one attached hydrogen (secondary N) is 2. The molecule has 3 amide bonds. The van der Waals surface area contributed by atoms with Gasteiger partial charge in [-0.15, -0.1) is 0 Å². The molecular formula is C30H41N5O3. The zero-order valence-corrected chi connectivity index (χ0v) is 22.4. The maximum absolute atomic E-state index is 13.7. The molecule has 8 nitrogen and oxygen atoms in total. The molecule has 4 rings (SSSR count). The highest BCUT2D eigenvalue weighted by molar-refractivity contribution is 6.06. The highest BCUT2D eigenvalue weighted by atomic mass is 16.3. The van der Waals surface area contributed by atoms with E-state index < -0.39 is 5.54 Å². The molecule has 38 heavy (non-hydrogen) atoms. The van der Waals surface area contributed by atoms with Crippen LogP contribution in [-0.4, -0.2) is 33.4 Å². The molecule has 1 unspecified atom stereocenters. The Morgan fingerprint density at radius 1 is 1.05 bits per heavy atom. The molecule has 0 bridgehead atoms. The molecule has 2 aliphatic rings. The molecule has 1 aliphatic carbocycles. The molecule has 0 spiro atoms. The number of aromatic hydroxyl groups is 1. The van der Waals surface area contributed by atoms with Crippen LogP contribution in [0.1, 0.15) is 81.4 Å². The van der Waals surface area contributed by atoms with Gasteiger partial charge in [0.2, 0.25) is 0 Å². The van der Waals surface area contributed by atoms with Gasteiger partial charge >= 0.3 is 6.03 Å². The summed E-state index contributed by atoms with van der Waals surface area (Å²) in [5.41, 5.74) is 8.38. The number of aliphatic imine (C=N–C) groups is 1. The number of guanidine groups is 1. The van der Waals surface area contributed by atoms with Crippen molar-refractivity contribution in [2.24, 2.45) is 16.6 Å². The summed E-state index contributed by atoms with van der Waals surface area (Å²) in [6, 6.07) is 14.3. The third-order valence-electron chi connectivity index (χ3n) is 7.72. The molecule has 0 radical (unpaired) electrons. The van der Waals surface area contributed by atoms with Crippen molar-refractivity contribution in [3.8, 4) is 5.75 Å². The lowest BCUT2D eigenvalue weighted by atomic mass is 9.77. The summed E-state index contributed by atoms with van der Waals surface area (Å²) < 4.78 is 0. The van der Waals surface area contributed by atoms with E-state index in [0.717, 1.165) is 42.4 Å². The number of urea groups is 1. The lowest BCUT2D eigenvalue weighted by molar-refractivity contribution is -0.132. The SMILES string of the molecule is CCCCC1(CC2CCCCC2)N=C(N)N(Cc2ccc(CNC(=O)NCc3cccc(O)c3)cc2)C1=O. The second kappa shape index (κ2) is 12.8. The monoisotopic (exact) mass is 519 g/mol. The van der Waals surface area contributed by atoms with E-state index in [1.165, 1.54) is 32.1 Å². The van der Waals surface area contributed by atoms with Crippen molar-refractivity contribution in [1.82, 2.24) is 15.5 Å². The van der Waals surface area contributed by atoms with Crippen LogP contribution in [-0.2, 0) is 24.4 Å². The molecule has 8 heteroatoms. The number of phenols is 1. The first-order valence-electron chi connectivity index (χ1n) is 13.9. The fraction of sp³-hybridized carbons (Fsp3) is 0.500. The van der Waals surface area contributed by atoms with Crippen LogP contribution in [0.5, 0.6) is 5.75 Å². The van der Waals surface area contributed by atoms with Crippen molar-refractivity contribution in [3.63, 3.8) is 0 Å². The van der Waals surface area contributed by atoms with E-state index in [1.807, 2.05) is 30.3 Å². The van der Waals surface area contributed by atoms with Gasteiger partial charge in [0, 0.05) is 13.1 Å². The number of amides is 3. The second-order valence-electron chi connectivity index (χ2n) is 10.7. The molecule has 204 valence electrons. The van der Waals surface area contributed by atoms with E-state index in [2.05, 4.69) is 17.6 Å². The second-order valence-corrected chi connectivity index (χ2v) is 10.7. The fourth-order valence-corrected chi connectivity index (χ4v) is 5.61. The lowest BCUT2D eigenvalue weighted by Gasteiger charge is -2.32. The molecule has 5 N–H and O–H groups in total. The molecule has 1 aliphatic heterocycles. The zero-order valence-electron chi connectivity index (χ0n) is 22.4. The standard InChI is InChI=1S/C30H41N5O3/c1-2-3-16-30(18-22-8-5-4-6-9-22)27(37)35(28(31)34-30)21-24-14-12-23(13-15-24)19-32-29(38)33-20-25-10-7-11-26(36)17-25/h7,10-15,17,22,36H,2-6,8-9,16,18-21H2,1H3,(H2,31,34)(H2,32,33,38). The Balaban J connectivity index is 1.31. The molecule has 2 aromatic carbocycles. The van der Waals surface area contributed by atoms with E-state index in [9.17, 15) is 14.7 Å². The van der Waals surface area contributed by atoms with E-state index >= 15 is 0 Å². The smallest absolute Gasteiger partial charge is 0.315 e. The number of unbranched alkanes of at least 4 members (excludes halogenated alkanes) is 1. The van der Waals surface area contributed by atoms with E-state index in [4.69, 9.17) is 10.7 Å². The first-order valence-corrected chi connectivity index (χ1v) is 13.9. The maximum Gasteiger partial charge on any atom is 0.315 e. The Kier molecular flexibility index (Phi) is 9.26. The molecule has 0 saturated heterocycles. The first-order chi connectivity index (χ1) is 18.4. The number of nitrogens with zero attached hydrogens (tertiary/aromatic N) is 2. The summed E-state index contributed by atoms with van der Waals surface area (Å²) >= 11 is 0. The Labute approximate surface area is 225 Å². The van der Waals surface area contributed by atoms with Gasteiger partial charge in [-0.25, -0.2) is 9.79 Å². The summed E-state index contributed by atoms with van der Waals surface area (Å²) in [6.45, 7) is 3.24. The first kappa shape index (κ1) is 27.5. The molecular weight excluding hydrogens is 478 g/mol. The van der Waals surface area contributed by atoms with Crippen LogP contribution in [0.15, 0.2) is 53.5 Å². The van der Waals surface area contributed by atoms with Gasteiger partial charge in [-0.05, 0) is 47.6 Å². The van der Waals surface area contributed by atoms with Crippen LogP contribution in [0.25, 0.3) is 0 Å². The van der Waals surface area contributed by atoms with Gasteiger partial charge in [0.15, 0.2) is 5.96 Å². The van der Waals surface area contributed by atoms with Crippen LogP contribution >= 0.6 is 0 Å². The molecule has 1 fully saturated rings. The fourth-order valence-electron chi connectivity index (χ4n) is 5.61. The van der Waals surface area contributed by atoms with Crippen molar-refractivity contribution in [3.05, 3.63) is 65.2 Å². The van der Waals surface area contributed by atoms with Gasteiger partial charge in [0.1, 0.15) is 11.3 Å². The third-order valence-corrected chi connectivity index (χ3v) is 7.72. The van der Waals surface area contributed by atoms with Gasteiger partial charge in [0.25, 0.3) is 5.91 Å². The number of hydrogen-bond donors (Lipinski definition) is 4. The minimum absolute atomic E-state index is 0.0446. The van der Waals surface area contributed by atoms with Gasteiger partial charge in [-0.2, -0.15) is 0 Å². The van der Waals surface area contributed by atoms with Gasteiger partial charge in [0.05, 0.1) is 6.54 Å². The summed E-state index contributed by atoms with van der Waals surface area (Å²) in [4.78, 5) is 32.4. The third kappa shape index (κ3) is 7.05. The van der Waals surface area contributed by atoms with Crippen LogP contribution in [0.3, 0.4) is 0 Å². The van der Waals surface area contributed by atoms with Crippen molar-refractivity contribution >= 4 is 17.9 Å². The minimum atomic E-state index is -0.710. The molecule has 1 heterocycles. The summed E-state index contributed by atoms with van der Waals surface area (Å²) in [6.07, 6.45) is 9.69. The number of hydrogen-bond acceptors (Lipinski definition) is 5. The molecule has 1 saturated carbocycles. The van der Waals surface area contributed by atoms with Crippen LogP contribution in [0.4, 0.5) is 4.79 Å². The summed E-state index contributed by atoms with van der Waals surface area (Å²) in [5, 5.41) is 15.2. The number of carbonyl (C=O) groups is 2. The number of benzene rings is 2. The number of rotatable bonds is 11. The highest BCUT2D eigenvalue weighted by Crippen LogP contribution is 2.39. The van der Waals surface area contributed by atoms with Crippen molar-refractivity contribution < 1.29 is 14.7 Å². The number of phenolic OH excluding ortho intramolecular Hbond substituents is 1. The van der Waals surface area contributed by atoms with Gasteiger partial charge in [-0.1, -0.05) is 88.3 Å². The topological polar surface area (TPSA) is 120 Å². The maximum atomic E-state index is 13.7. The Morgan fingerprint density at radius 2 is 1.74 bits per heavy atom. The quantitative estimate of drug-likeness (QED) is 0.336. The van der Waals surface area contributed by atoms with E-state index in [0.29, 0.717) is 31.5 Å². The summed E-state index contributed by atoms with van der Waals surface area (Å²) in [5.74, 6) is 1.09. The average molecular weight is 520 g/mol. The Hall–Kier alpha value is -3.55. The number of nitrogens with two attached hydrogens (primary N) is 1. The van der Waals surface area contributed by atoms with Crippen molar-refractivity contribution in [2.45, 2.75) is 89.9 Å². The Bertz CT molecular complexity index is 1130. The number of carbonyl (C=O) groups excluding carboxylic acids is 2. The van der Waals surface area contributed by atoms with Crippen LogP contribution in [0.2, 0.25) is 0 Å². The predicted octanol–water partition coefficient (Wildman–Crippen LogP) is 4.95. The molecule has 2 aromatic rings. The molecule has 1 atom stereocenters. The van der Waals surface area contributed by atoms with Gasteiger partial charge < -0.3 is 21.5 Å². The average Bonchev–Trinajstić information content (AvgIpc) is 3.15. The van der Waals surface area contributed by atoms with Crippen LogP contribution < -0.4 is 16.4 Å². The Morgan fingerprint density at radius 3 is 2.42 bits per heavy atom. The van der Waals surface area contributed by atoms with E-state index in [1.54, 1.807) is 23.1 Å². The largest absolute Gasteiger partial charge is 0.508 e.